The molecule has 1 aromatic carbocycles. The quantitative estimate of drug-likeness (QED) is 0.667. The molecule has 1 atom stereocenters. The zero-order valence-corrected chi connectivity index (χ0v) is 15.3. The summed E-state index contributed by atoms with van der Waals surface area (Å²) in [6.45, 7) is 0.190. The van der Waals surface area contributed by atoms with E-state index in [2.05, 4.69) is 34.6 Å². The van der Waals surface area contributed by atoms with Crippen molar-refractivity contribution in [2.45, 2.75) is 38.1 Å². The second-order valence-electron chi connectivity index (χ2n) is 6.88. The van der Waals surface area contributed by atoms with E-state index in [1.165, 1.54) is 11.1 Å². The van der Waals surface area contributed by atoms with E-state index < -0.39 is 0 Å². The summed E-state index contributed by atoms with van der Waals surface area (Å²) < 4.78 is 0. The molecule has 0 saturated carbocycles. The van der Waals surface area contributed by atoms with E-state index in [-0.39, 0.29) is 12.6 Å². The molecule has 3 aromatic rings. The van der Waals surface area contributed by atoms with Crippen molar-refractivity contribution in [2.75, 3.05) is 11.9 Å². The molecule has 0 spiro atoms. The number of aryl methyl sites for hydroxylation is 1. The van der Waals surface area contributed by atoms with Crippen molar-refractivity contribution < 1.29 is 5.11 Å². The molecule has 0 amide bonds. The van der Waals surface area contributed by atoms with Crippen LogP contribution in [0.1, 0.15) is 42.1 Å². The second kappa shape index (κ2) is 8.27. The number of rotatable bonds is 7. The van der Waals surface area contributed by atoms with Gasteiger partial charge in [0.15, 0.2) is 5.82 Å². The van der Waals surface area contributed by atoms with E-state index in [0.717, 1.165) is 55.0 Å². The fourth-order valence-corrected chi connectivity index (χ4v) is 3.65. The normalized spacial score (nSPS) is 14.0. The Morgan fingerprint density at radius 1 is 1.00 bits per heavy atom. The van der Waals surface area contributed by atoms with Crippen molar-refractivity contribution in [3.05, 3.63) is 71.7 Å². The summed E-state index contributed by atoms with van der Waals surface area (Å²) in [6, 6.07) is 14.4. The molecule has 138 valence electrons. The van der Waals surface area contributed by atoms with Crippen molar-refractivity contribution in [2.24, 2.45) is 0 Å². The smallest absolute Gasteiger partial charge is 0.161 e. The summed E-state index contributed by atoms with van der Waals surface area (Å²) in [7, 11) is 0. The average molecular weight is 360 g/mol. The van der Waals surface area contributed by atoms with Crippen molar-refractivity contribution in [3.63, 3.8) is 0 Å². The number of fused-ring (bicyclic) bond motifs is 1. The van der Waals surface area contributed by atoms with Gasteiger partial charge in [-0.15, -0.1) is 0 Å². The Morgan fingerprint density at radius 2 is 1.81 bits per heavy atom. The minimum Gasteiger partial charge on any atom is -0.396 e. The Morgan fingerprint density at radius 3 is 2.59 bits per heavy atom. The van der Waals surface area contributed by atoms with Crippen LogP contribution in [0.2, 0.25) is 0 Å². The third kappa shape index (κ3) is 3.98. The molecule has 0 bridgehead atoms. The zero-order valence-electron chi connectivity index (χ0n) is 15.3. The number of nitrogens with one attached hydrogen (secondary N) is 1. The molecule has 0 aliphatic heterocycles. The van der Waals surface area contributed by atoms with Crippen LogP contribution in [0.4, 0.5) is 5.82 Å². The SMILES string of the molecule is OCCCC(Nc1nc(-c2ccncc2)nc2c1CCC2)c1ccccc1. The summed E-state index contributed by atoms with van der Waals surface area (Å²) in [5.41, 5.74) is 4.57. The lowest BCUT2D eigenvalue weighted by molar-refractivity contribution is 0.281. The van der Waals surface area contributed by atoms with Gasteiger partial charge < -0.3 is 10.4 Å². The maximum atomic E-state index is 9.32. The third-order valence-corrected chi connectivity index (χ3v) is 5.04. The van der Waals surface area contributed by atoms with Gasteiger partial charge in [-0.25, -0.2) is 9.97 Å². The van der Waals surface area contributed by atoms with Crippen molar-refractivity contribution >= 4 is 5.82 Å². The molecule has 2 N–H and O–H groups in total. The van der Waals surface area contributed by atoms with Gasteiger partial charge in [-0.1, -0.05) is 30.3 Å². The van der Waals surface area contributed by atoms with E-state index in [1.807, 2.05) is 18.2 Å². The van der Waals surface area contributed by atoms with Crippen LogP contribution in [0.15, 0.2) is 54.9 Å². The number of nitrogens with zero attached hydrogens (tertiary/aromatic N) is 3. The molecule has 1 aliphatic carbocycles. The first-order valence-corrected chi connectivity index (χ1v) is 9.57. The molecule has 0 saturated heterocycles. The van der Waals surface area contributed by atoms with Crippen LogP contribution < -0.4 is 5.32 Å². The van der Waals surface area contributed by atoms with Gasteiger partial charge in [0, 0.05) is 35.8 Å². The van der Waals surface area contributed by atoms with Crippen molar-refractivity contribution in [3.8, 4) is 11.4 Å². The van der Waals surface area contributed by atoms with Gasteiger partial charge in [-0.3, -0.25) is 4.98 Å². The highest BCUT2D eigenvalue weighted by Gasteiger charge is 2.22. The Hall–Kier alpha value is -2.79. The minimum absolute atomic E-state index is 0.114. The largest absolute Gasteiger partial charge is 0.396 e. The van der Waals surface area contributed by atoms with E-state index in [9.17, 15) is 5.11 Å². The molecule has 27 heavy (non-hydrogen) atoms. The Bertz CT molecular complexity index is 884. The van der Waals surface area contributed by atoms with Gasteiger partial charge in [-0.05, 0) is 49.8 Å². The van der Waals surface area contributed by atoms with E-state index >= 15 is 0 Å². The molecule has 0 radical (unpaired) electrons. The van der Waals surface area contributed by atoms with Crippen molar-refractivity contribution in [1.29, 1.82) is 0 Å². The van der Waals surface area contributed by atoms with Gasteiger partial charge in [0.2, 0.25) is 0 Å². The van der Waals surface area contributed by atoms with E-state index in [1.54, 1.807) is 12.4 Å². The first-order chi connectivity index (χ1) is 13.3. The van der Waals surface area contributed by atoms with Crippen LogP contribution in [-0.4, -0.2) is 26.7 Å². The summed E-state index contributed by atoms with van der Waals surface area (Å²) in [6.07, 6.45) is 8.26. The third-order valence-electron chi connectivity index (χ3n) is 5.04. The first-order valence-electron chi connectivity index (χ1n) is 9.57. The summed E-state index contributed by atoms with van der Waals surface area (Å²) >= 11 is 0. The zero-order chi connectivity index (χ0) is 18.5. The molecule has 1 unspecified atom stereocenters. The fraction of sp³-hybridized carbons (Fsp3) is 0.318. The Kier molecular flexibility index (Phi) is 5.39. The molecule has 2 aromatic heterocycles. The number of hydrogen-bond acceptors (Lipinski definition) is 5. The summed E-state index contributed by atoms with van der Waals surface area (Å²) in [5, 5.41) is 13.0. The summed E-state index contributed by atoms with van der Waals surface area (Å²) in [4.78, 5) is 13.8. The highest BCUT2D eigenvalue weighted by Crippen LogP contribution is 2.32. The van der Waals surface area contributed by atoms with Crippen LogP contribution in [-0.2, 0) is 12.8 Å². The Balaban J connectivity index is 1.70. The molecular formula is C22H24N4O. The molecular weight excluding hydrogens is 336 g/mol. The van der Waals surface area contributed by atoms with Gasteiger partial charge in [0.05, 0.1) is 6.04 Å². The van der Waals surface area contributed by atoms with Crippen LogP contribution in [0.5, 0.6) is 0 Å². The lowest BCUT2D eigenvalue weighted by Crippen LogP contribution is -2.15. The van der Waals surface area contributed by atoms with Gasteiger partial charge in [0.25, 0.3) is 0 Å². The van der Waals surface area contributed by atoms with Crippen LogP contribution >= 0.6 is 0 Å². The van der Waals surface area contributed by atoms with Gasteiger partial charge >= 0.3 is 0 Å². The number of aromatic nitrogens is 3. The van der Waals surface area contributed by atoms with Gasteiger partial charge in [-0.2, -0.15) is 0 Å². The molecule has 4 rings (SSSR count). The van der Waals surface area contributed by atoms with Crippen LogP contribution in [0, 0.1) is 0 Å². The first kappa shape index (κ1) is 17.6. The summed E-state index contributed by atoms with van der Waals surface area (Å²) in [5.74, 6) is 1.67. The lowest BCUT2D eigenvalue weighted by atomic mass is 10.0. The predicted molar refractivity (Wildman–Crippen MR) is 106 cm³/mol. The molecule has 5 nitrogen and oxygen atoms in total. The van der Waals surface area contributed by atoms with Crippen LogP contribution in [0.3, 0.4) is 0 Å². The fourth-order valence-electron chi connectivity index (χ4n) is 3.65. The van der Waals surface area contributed by atoms with E-state index in [0.29, 0.717) is 0 Å². The van der Waals surface area contributed by atoms with Crippen molar-refractivity contribution in [1.82, 2.24) is 15.0 Å². The maximum absolute atomic E-state index is 9.32. The molecule has 1 aliphatic rings. The number of hydrogen-bond donors (Lipinski definition) is 2. The number of aliphatic hydroxyl groups excluding tert-OH is 1. The second-order valence-corrected chi connectivity index (χ2v) is 6.88. The molecule has 2 heterocycles. The number of anilines is 1. The Labute approximate surface area is 159 Å². The van der Waals surface area contributed by atoms with E-state index in [4.69, 9.17) is 9.97 Å². The number of benzene rings is 1. The molecule has 5 heteroatoms. The maximum Gasteiger partial charge on any atom is 0.161 e. The molecule has 0 fully saturated rings. The van der Waals surface area contributed by atoms with Gasteiger partial charge in [0.1, 0.15) is 5.82 Å². The average Bonchev–Trinajstić information content (AvgIpc) is 3.21. The topological polar surface area (TPSA) is 70.9 Å². The highest BCUT2D eigenvalue weighted by molar-refractivity contribution is 5.60. The van der Waals surface area contributed by atoms with Crippen LogP contribution in [0.25, 0.3) is 11.4 Å². The number of pyridine rings is 1. The minimum atomic E-state index is 0.114. The number of aliphatic hydroxyl groups is 1. The standard InChI is InChI=1S/C22H24N4O/c27-15-5-10-19(16-6-2-1-3-7-16)24-22-18-8-4-9-20(18)25-21(26-22)17-11-13-23-14-12-17/h1-3,6-7,11-14,19,27H,4-5,8-10,15H2,(H,24,25,26). The lowest BCUT2D eigenvalue weighted by Gasteiger charge is -2.22. The highest BCUT2D eigenvalue weighted by atomic mass is 16.2. The predicted octanol–water partition coefficient (Wildman–Crippen LogP) is 3.95. The monoisotopic (exact) mass is 360 g/mol.